The Hall–Kier alpha value is -0.720. The Morgan fingerprint density at radius 3 is 3.00 bits per heavy atom. The Kier molecular flexibility index (Phi) is 4.78. The van der Waals surface area contributed by atoms with Gasteiger partial charge in [0, 0.05) is 17.4 Å². The van der Waals surface area contributed by atoms with Gasteiger partial charge >= 0.3 is 0 Å². The van der Waals surface area contributed by atoms with Crippen LogP contribution < -0.4 is 5.32 Å². The first-order valence-corrected chi connectivity index (χ1v) is 5.47. The topological polar surface area (TPSA) is 35.8 Å². The van der Waals surface area contributed by atoms with E-state index in [1.54, 1.807) is 0 Å². The zero-order chi connectivity index (χ0) is 10.4. The maximum absolute atomic E-state index is 8.35. The van der Waals surface area contributed by atoms with Crippen LogP contribution in [0, 0.1) is 11.3 Å². The minimum Gasteiger partial charge on any atom is -0.384 e. The summed E-state index contributed by atoms with van der Waals surface area (Å²) in [6, 6.07) is 7.75. The summed E-state index contributed by atoms with van der Waals surface area (Å²) < 4.78 is 0.990. The molecule has 74 valence electrons. The molecule has 1 N–H and O–H groups in total. The van der Waals surface area contributed by atoms with Gasteiger partial charge in [0.2, 0.25) is 0 Å². The van der Waals surface area contributed by atoms with Crippen molar-refractivity contribution in [2.75, 3.05) is 11.9 Å². The molecule has 0 heterocycles. The second-order valence-electron chi connectivity index (χ2n) is 2.81. The molecule has 1 rings (SSSR count). The molecule has 2 nitrogen and oxygen atoms in total. The van der Waals surface area contributed by atoms with Gasteiger partial charge in [0.15, 0.2) is 0 Å². The fraction of sp³-hybridized carbons (Fsp3) is 0.300. The normalized spacial score (nSPS) is 9.50. The van der Waals surface area contributed by atoms with Crippen molar-refractivity contribution in [3.05, 3.63) is 27.7 Å². The van der Waals surface area contributed by atoms with Crippen molar-refractivity contribution in [2.45, 2.75) is 12.8 Å². The van der Waals surface area contributed by atoms with Gasteiger partial charge in [-0.1, -0.05) is 27.5 Å². The van der Waals surface area contributed by atoms with Crippen LogP contribution in [0.3, 0.4) is 0 Å². The molecule has 0 atom stereocenters. The van der Waals surface area contributed by atoms with Gasteiger partial charge in [-0.3, -0.25) is 0 Å². The zero-order valence-corrected chi connectivity index (χ0v) is 9.90. The number of rotatable bonds is 4. The van der Waals surface area contributed by atoms with E-state index >= 15 is 0 Å². The summed E-state index contributed by atoms with van der Waals surface area (Å²) in [4.78, 5) is 0. The minimum atomic E-state index is 0.568. The minimum absolute atomic E-state index is 0.568. The van der Waals surface area contributed by atoms with E-state index in [4.69, 9.17) is 16.9 Å². The number of hydrogen-bond donors (Lipinski definition) is 1. The molecule has 1 aromatic carbocycles. The Morgan fingerprint density at radius 1 is 1.50 bits per heavy atom. The van der Waals surface area contributed by atoms with Gasteiger partial charge in [0.05, 0.1) is 16.8 Å². The summed E-state index contributed by atoms with van der Waals surface area (Å²) in [6.45, 7) is 0.768. The third-order valence-electron chi connectivity index (χ3n) is 1.71. The van der Waals surface area contributed by atoms with Gasteiger partial charge in [0.1, 0.15) is 0 Å². The van der Waals surface area contributed by atoms with E-state index < -0.39 is 0 Å². The van der Waals surface area contributed by atoms with Crippen molar-refractivity contribution in [1.29, 1.82) is 5.26 Å². The average molecular weight is 274 g/mol. The highest BCUT2D eigenvalue weighted by Gasteiger charge is 1.99. The SMILES string of the molecule is N#CCCCNc1cc(Br)ccc1Cl. The fourth-order valence-corrected chi connectivity index (χ4v) is 1.57. The molecule has 0 bridgehead atoms. The number of nitriles is 1. The molecular formula is C10H10BrClN2. The molecule has 0 saturated heterocycles. The summed E-state index contributed by atoms with van der Waals surface area (Å²) in [7, 11) is 0. The first-order chi connectivity index (χ1) is 6.74. The van der Waals surface area contributed by atoms with Gasteiger partial charge < -0.3 is 5.32 Å². The number of hydrogen-bond acceptors (Lipinski definition) is 2. The van der Waals surface area contributed by atoms with Crippen LogP contribution in [0.1, 0.15) is 12.8 Å². The van der Waals surface area contributed by atoms with Gasteiger partial charge in [-0.05, 0) is 24.6 Å². The highest BCUT2D eigenvalue weighted by molar-refractivity contribution is 9.10. The maximum atomic E-state index is 8.35. The summed E-state index contributed by atoms with van der Waals surface area (Å²) in [5, 5.41) is 12.2. The number of unbranched alkanes of at least 4 members (excludes halogenated alkanes) is 1. The summed E-state index contributed by atoms with van der Waals surface area (Å²) in [5.74, 6) is 0. The van der Waals surface area contributed by atoms with Gasteiger partial charge in [0.25, 0.3) is 0 Å². The van der Waals surface area contributed by atoms with Crippen LogP contribution in [0.2, 0.25) is 5.02 Å². The molecule has 0 fully saturated rings. The molecule has 0 aromatic heterocycles. The smallest absolute Gasteiger partial charge is 0.0638 e. The lowest BCUT2D eigenvalue weighted by atomic mass is 10.3. The Labute approximate surface area is 97.0 Å². The third kappa shape index (κ3) is 3.57. The third-order valence-corrected chi connectivity index (χ3v) is 2.53. The Balaban J connectivity index is 2.50. The van der Waals surface area contributed by atoms with Gasteiger partial charge in [-0.15, -0.1) is 0 Å². The second-order valence-corrected chi connectivity index (χ2v) is 4.14. The zero-order valence-electron chi connectivity index (χ0n) is 7.56. The predicted octanol–water partition coefficient (Wildman–Crippen LogP) is 3.82. The van der Waals surface area contributed by atoms with E-state index in [-0.39, 0.29) is 0 Å². The van der Waals surface area contributed by atoms with Gasteiger partial charge in [-0.25, -0.2) is 0 Å². The monoisotopic (exact) mass is 272 g/mol. The van der Waals surface area contributed by atoms with E-state index in [0.29, 0.717) is 11.4 Å². The highest BCUT2D eigenvalue weighted by atomic mass is 79.9. The number of anilines is 1. The number of nitrogens with zero attached hydrogens (tertiary/aromatic N) is 1. The van der Waals surface area contributed by atoms with Crippen molar-refractivity contribution >= 4 is 33.2 Å². The summed E-state index contributed by atoms with van der Waals surface area (Å²) in [5.41, 5.74) is 0.902. The van der Waals surface area contributed by atoms with Crippen molar-refractivity contribution in [3.8, 4) is 6.07 Å². The second kappa shape index (κ2) is 5.90. The van der Waals surface area contributed by atoms with E-state index in [0.717, 1.165) is 23.1 Å². The lowest BCUT2D eigenvalue weighted by Crippen LogP contribution is -2.01. The maximum Gasteiger partial charge on any atom is 0.0638 e. The average Bonchev–Trinajstić information content (AvgIpc) is 2.18. The molecule has 4 heteroatoms. The molecule has 0 radical (unpaired) electrons. The lowest BCUT2D eigenvalue weighted by molar-refractivity contribution is 0.897. The van der Waals surface area contributed by atoms with Crippen LogP contribution >= 0.6 is 27.5 Å². The summed E-state index contributed by atoms with van der Waals surface area (Å²) in [6.07, 6.45) is 1.40. The fourth-order valence-electron chi connectivity index (χ4n) is 1.02. The highest BCUT2D eigenvalue weighted by Crippen LogP contribution is 2.25. The molecule has 0 amide bonds. The Morgan fingerprint density at radius 2 is 2.29 bits per heavy atom. The molecule has 0 saturated carbocycles. The molecular weight excluding hydrogens is 263 g/mol. The predicted molar refractivity (Wildman–Crippen MR) is 62.5 cm³/mol. The molecule has 0 aliphatic heterocycles. The van der Waals surface area contributed by atoms with E-state index in [2.05, 4.69) is 27.3 Å². The van der Waals surface area contributed by atoms with Crippen LogP contribution in [0.25, 0.3) is 0 Å². The number of benzene rings is 1. The van der Waals surface area contributed by atoms with Crippen molar-refractivity contribution in [2.24, 2.45) is 0 Å². The number of halogens is 2. The van der Waals surface area contributed by atoms with Crippen LogP contribution in [-0.4, -0.2) is 6.54 Å². The molecule has 0 spiro atoms. The molecule has 0 aliphatic carbocycles. The van der Waals surface area contributed by atoms with Crippen LogP contribution in [-0.2, 0) is 0 Å². The molecule has 0 aliphatic rings. The van der Waals surface area contributed by atoms with Gasteiger partial charge in [-0.2, -0.15) is 5.26 Å². The number of nitrogens with one attached hydrogen (secondary N) is 1. The largest absolute Gasteiger partial charge is 0.384 e. The van der Waals surface area contributed by atoms with Crippen LogP contribution in [0.15, 0.2) is 22.7 Å². The molecule has 1 aromatic rings. The first kappa shape index (κ1) is 11.4. The first-order valence-electron chi connectivity index (χ1n) is 4.30. The lowest BCUT2D eigenvalue weighted by Gasteiger charge is -2.07. The van der Waals surface area contributed by atoms with Crippen molar-refractivity contribution in [1.82, 2.24) is 0 Å². The molecule has 0 unspecified atom stereocenters. The van der Waals surface area contributed by atoms with Crippen molar-refractivity contribution < 1.29 is 0 Å². The standard InChI is InChI=1S/C10H10BrClN2/c11-8-3-4-9(12)10(7-8)14-6-2-1-5-13/h3-4,7,14H,1-2,6H2. The van der Waals surface area contributed by atoms with E-state index in [9.17, 15) is 0 Å². The Bertz CT molecular complexity index is 346. The molecule has 14 heavy (non-hydrogen) atoms. The van der Waals surface area contributed by atoms with Crippen molar-refractivity contribution in [3.63, 3.8) is 0 Å². The van der Waals surface area contributed by atoms with E-state index in [1.807, 2.05) is 18.2 Å². The van der Waals surface area contributed by atoms with Crippen LogP contribution in [0.5, 0.6) is 0 Å². The van der Waals surface area contributed by atoms with E-state index in [1.165, 1.54) is 0 Å². The van der Waals surface area contributed by atoms with Crippen LogP contribution in [0.4, 0.5) is 5.69 Å². The quantitative estimate of drug-likeness (QED) is 0.847. The summed E-state index contributed by atoms with van der Waals surface area (Å²) >= 11 is 9.33.